The molecule has 21 heavy (non-hydrogen) atoms. The summed E-state index contributed by atoms with van der Waals surface area (Å²) in [7, 11) is 0. The lowest BCUT2D eigenvalue weighted by Crippen LogP contribution is -2.11. The Bertz CT molecular complexity index is 704. The number of nitrogens with zero attached hydrogens (tertiary/aromatic N) is 1. The maximum atomic E-state index is 10.7. The molecule has 3 N–H and O–H groups in total. The van der Waals surface area contributed by atoms with Gasteiger partial charge in [-0.15, -0.1) is 0 Å². The average Bonchev–Trinajstić information content (AvgIpc) is 2.45. The van der Waals surface area contributed by atoms with Crippen molar-refractivity contribution in [2.24, 2.45) is 5.73 Å². The largest absolute Gasteiger partial charge is 0.489 e. The van der Waals surface area contributed by atoms with E-state index in [9.17, 15) is 10.1 Å². The van der Waals surface area contributed by atoms with Gasteiger partial charge in [0, 0.05) is 17.7 Å². The highest BCUT2D eigenvalue weighted by molar-refractivity contribution is 6.32. The highest BCUT2D eigenvalue weighted by atomic mass is 35.5. The minimum atomic E-state index is -0.553. The highest BCUT2D eigenvalue weighted by Crippen LogP contribution is 2.28. The van der Waals surface area contributed by atoms with Gasteiger partial charge in [0.15, 0.2) is 0 Å². The van der Waals surface area contributed by atoms with Gasteiger partial charge in [0.1, 0.15) is 23.2 Å². The Hall–Kier alpha value is -2.60. The van der Waals surface area contributed by atoms with E-state index in [0.717, 1.165) is 5.56 Å². The molecular formula is C14H12ClN3O3. The molecule has 2 rings (SSSR count). The van der Waals surface area contributed by atoms with E-state index in [1.165, 1.54) is 18.2 Å². The smallest absolute Gasteiger partial charge is 0.288 e. The molecule has 108 valence electrons. The lowest BCUT2D eigenvalue weighted by Gasteiger charge is -2.08. The van der Waals surface area contributed by atoms with Crippen LogP contribution in [0.25, 0.3) is 0 Å². The van der Waals surface area contributed by atoms with Crippen molar-refractivity contribution in [2.45, 2.75) is 6.61 Å². The van der Waals surface area contributed by atoms with Crippen LogP contribution in [0.5, 0.6) is 5.75 Å². The lowest BCUT2D eigenvalue weighted by atomic mass is 10.1. The van der Waals surface area contributed by atoms with Crippen LogP contribution in [-0.4, -0.2) is 10.8 Å². The Morgan fingerprint density at radius 3 is 2.71 bits per heavy atom. The molecule has 0 heterocycles. The molecule has 0 amide bonds. The lowest BCUT2D eigenvalue weighted by molar-refractivity contribution is -0.384. The number of halogens is 1. The van der Waals surface area contributed by atoms with E-state index in [2.05, 4.69) is 0 Å². The summed E-state index contributed by atoms with van der Waals surface area (Å²) in [6.07, 6.45) is 0. The van der Waals surface area contributed by atoms with Crippen molar-refractivity contribution in [1.82, 2.24) is 0 Å². The fraction of sp³-hybridized carbons (Fsp3) is 0.0714. The number of benzene rings is 2. The second-order valence-electron chi connectivity index (χ2n) is 4.27. The third-order valence-corrected chi connectivity index (χ3v) is 3.06. The molecule has 0 saturated carbocycles. The van der Waals surface area contributed by atoms with Gasteiger partial charge in [-0.3, -0.25) is 15.5 Å². The Labute approximate surface area is 125 Å². The fourth-order valence-corrected chi connectivity index (χ4v) is 1.96. The number of amidine groups is 1. The topological polar surface area (TPSA) is 102 Å². The molecular weight excluding hydrogens is 294 g/mol. The SMILES string of the molecule is N=C(N)c1cccc(COc2ccc([N+](=O)[O-])c(Cl)c2)c1. The summed E-state index contributed by atoms with van der Waals surface area (Å²) in [5.41, 5.74) is 6.69. The summed E-state index contributed by atoms with van der Waals surface area (Å²) in [4.78, 5) is 10.1. The third kappa shape index (κ3) is 3.70. The number of nitrogens with one attached hydrogen (secondary N) is 1. The first-order valence-corrected chi connectivity index (χ1v) is 6.35. The zero-order chi connectivity index (χ0) is 15.4. The molecule has 0 spiro atoms. The van der Waals surface area contributed by atoms with Crippen LogP contribution in [0.15, 0.2) is 42.5 Å². The Morgan fingerprint density at radius 1 is 1.33 bits per heavy atom. The van der Waals surface area contributed by atoms with E-state index in [1.54, 1.807) is 18.2 Å². The molecule has 2 aromatic rings. The Morgan fingerprint density at radius 2 is 2.10 bits per heavy atom. The summed E-state index contributed by atoms with van der Waals surface area (Å²) in [6.45, 7) is 0.245. The average molecular weight is 306 g/mol. The summed E-state index contributed by atoms with van der Waals surface area (Å²) in [6, 6.07) is 11.3. The number of nitro benzene ring substituents is 1. The fourth-order valence-electron chi connectivity index (χ4n) is 1.72. The van der Waals surface area contributed by atoms with Crippen molar-refractivity contribution >= 4 is 23.1 Å². The van der Waals surface area contributed by atoms with E-state index < -0.39 is 4.92 Å². The van der Waals surface area contributed by atoms with Crippen molar-refractivity contribution in [3.05, 3.63) is 68.7 Å². The number of nitrogen functional groups attached to an aromatic ring is 1. The second kappa shape index (κ2) is 6.23. The van der Waals surface area contributed by atoms with Gasteiger partial charge in [-0.1, -0.05) is 29.8 Å². The number of hydrogen-bond donors (Lipinski definition) is 2. The molecule has 0 aliphatic heterocycles. The minimum absolute atomic E-state index is 0.0183. The number of nitro groups is 1. The van der Waals surface area contributed by atoms with E-state index >= 15 is 0 Å². The molecule has 0 fully saturated rings. The first-order chi connectivity index (χ1) is 9.97. The van der Waals surface area contributed by atoms with Crippen LogP contribution in [0.4, 0.5) is 5.69 Å². The summed E-state index contributed by atoms with van der Waals surface area (Å²) in [5, 5.41) is 18.1. The Kier molecular flexibility index (Phi) is 4.39. The molecule has 0 aliphatic rings. The normalized spacial score (nSPS) is 10.1. The quantitative estimate of drug-likeness (QED) is 0.383. The first-order valence-electron chi connectivity index (χ1n) is 5.97. The summed E-state index contributed by atoms with van der Waals surface area (Å²) in [5.74, 6) is 0.411. The minimum Gasteiger partial charge on any atom is -0.489 e. The molecule has 0 aromatic heterocycles. The van der Waals surface area contributed by atoms with E-state index in [4.69, 9.17) is 27.5 Å². The van der Waals surface area contributed by atoms with E-state index in [1.807, 2.05) is 6.07 Å². The molecule has 0 aliphatic carbocycles. The first kappa shape index (κ1) is 14.8. The molecule has 0 radical (unpaired) electrons. The standard InChI is InChI=1S/C14H12ClN3O3/c15-12-7-11(4-5-13(12)18(19)20)21-8-9-2-1-3-10(6-9)14(16)17/h1-7H,8H2,(H3,16,17). The van der Waals surface area contributed by atoms with Gasteiger partial charge in [0.25, 0.3) is 5.69 Å². The van der Waals surface area contributed by atoms with Crippen LogP contribution in [0.1, 0.15) is 11.1 Å². The van der Waals surface area contributed by atoms with Crippen LogP contribution in [0.3, 0.4) is 0 Å². The van der Waals surface area contributed by atoms with Gasteiger partial charge in [-0.25, -0.2) is 0 Å². The second-order valence-corrected chi connectivity index (χ2v) is 4.68. The van der Waals surface area contributed by atoms with Crippen LogP contribution in [0, 0.1) is 15.5 Å². The summed E-state index contributed by atoms with van der Waals surface area (Å²) < 4.78 is 5.52. The van der Waals surface area contributed by atoms with Crippen LogP contribution in [-0.2, 0) is 6.61 Å². The zero-order valence-corrected chi connectivity index (χ0v) is 11.6. The van der Waals surface area contributed by atoms with Crippen molar-refractivity contribution in [3.63, 3.8) is 0 Å². The van der Waals surface area contributed by atoms with Crippen molar-refractivity contribution < 1.29 is 9.66 Å². The molecule has 7 heteroatoms. The van der Waals surface area contributed by atoms with Gasteiger partial charge in [0.05, 0.1) is 4.92 Å². The van der Waals surface area contributed by atoms with Crippen LogP contribution < -0.4 is 10.5 Å². The van der Waals surface area contributed by atoms with Gasteiger partial charge < -0.3 is 10.5 Å². The molecule has 2 aromatic carbocycles. The Balaban J connectivity index is 2.10. The van der Waals surface area contributed by atoms with Gasteiger partial charge in [-0.2, -0.15) is 0 Å². The molecule has 0 saturated heterocycles. The maximum absolute atomic E-state index is 10.7. The van der Waals surface area contributed by atoms with Crippen molar-refractivity contribution in [2.75, 3.05) is 0 Å². The molecule has 6 nitrogen and oxygen atoms in total. The zero-order valence-electron chi connectivity index (χ0n) is 10.9. The van der Waals surface area contributed by atoms with E-state index in [-0.39, 0.29) is 23.2 Å². The highest BCUT2D eigenvalue weighted by Gasteiger charge is 2.12. The van der Waals surface area contributed by atoms with Crippen LogP contribution >= 0.6 is 11.6 Å². The van der Waals surface area contributed by atoms with Crippen molar-refractivity contribution in [1.29, 1.82) is 5.41 Å². The molecule has 0 atom stereocenters. The van der Waals surface area contributed by atoms with Gasteiger partial charge in [-0.05, 0) is 17.7 Å². The van der Waals surface area contributed by atoms with E-state index in [0.29, 0.717) is 11.3 Å². The predicted octanol–water partition coefficient (Wildman–Crippen LogP) is 3.11. The van der Waals surface area contributed by atoms with Crippen molar-refractivity contribution in [3.8, 4) is 5.75 Å². The van der Waals surface area contributed by atoms with Gasteiger partial charge in [0.2, 0.25) is 0 Å². The summed E-state index contributed by atoms with van der Waals surface area (Å²) >= 11 is 5.81. The number of ether oxygens (including phenoxy) is 1. The third-order valence-electron chi connectivity index (χ3n) is 2.76. The van der Waals surface area contributed by atoms with Crippen LogP contribution in [0.2, 0.25) is 5.02 Å². The molecule has 0 bridgehead atoms. The number of rotatable bonds is 5. The molecule has 0 unspecified atom stereocenters. The van der Waals surface area contributed by atoms with Gasteiger partial charge >= 0.3 is 0 Å². The number of hydrogen-bond acceptors (Lipinski definition) is 4. The predicted molar refractivity (Wildman–Crippen MR) is 79.9 cm³/mol. The number of nitrogens with two attached hydrogens (primary N) is 1. The maximum Gasteiger partial charge on any atom is 0.288 e. The monoisotopic (exact) mass is 305 g/mol.